The van der Waals surface area contributed by atoms with Gasteiger partial charge in [0.2, 0.25) is 10.0 Å². The highest BCUT2D eigenvalue weighted by Gasteiger charge is 2.26. The van der Waals surface area contributed by atoms with Crippen molar-refractivity contribution in [2.75, 3.05) is 5.43 Å². The summed E-state index contributed by atoms with van der Waals surface area (Å²) < 4.78 is 29.2. The Labute approximate surface area is 178 Å². The zero-order valence-corrected chi connectivity index (χ0v) is 17.0. The zero-order chi connectivity index (χ0) is 22.0. The molecular formula is C21H18N4O5S. The highest BCUT2D eigenvalue weighted by Crippen LogP contribution is 2.35. The lowest BCUT2D eigenvalue weighted by Gasteiger charge is -2.27. The van der Waals surface area contributed by atoms with Gasteiger partial charge in [0.15, 0.2) is 0 Å². The van der Waals surface area contributed by atoms with Gasteiger partial charge >= 0.3 is 0 Å². The number of anilines is 1. The molecule has 3 aromatic rings. The molecule has 0 amide bonds. The third-order valence-electron chi connectivity index (χ3n) is 4.82. The molecule has 1 aliphatic rings. The minimum Gasteiger partial charge on any atom is -0.485 e. The molecule has 0 radical (unpaired) electrons. The lowest BCUT2D eigenvalue weighted by Crippen LogP contribution is -2.22. The van der Waals surface area contributed by atoms with Crippen LogP contribution in [0.5, 0.6) is 5.75 Å². The van der Waals surface area contributed by atoms with E-state index in [0.29, 0.717) is 17.9 Å². The first-order valence-electron chi connectivity index (χ1n) is 9.28. The second-order valence-corrected chi connectivity index (χ2v) is 8.43. The quantitative estimate of drug-likeness (QED) is 0.461. The molecule has 3 N–H and O–H groups in total. The number of nitrogens with zero attached hydrogens (tertiary/aromatic N) is 2. The van der Waals surface area contributed by atoms with Gasteiger partial charge in [-0.25, -0.2) is 13.6 Å². The summed E-state index contributed by atoms with van der Waals surface area (Å²) in [7, 11) is -4.07. The van der Waals surface area contributed by atoms with Crippen molar-refractivity contribution in [3.05, 3.63) is 94.0 Å². The Kier molecular flexibility index (Phi) is 5.40. The highest BCUT2D eigenvalue weighted by molar-refractivity contribution is 7.89. The average Bonchev–Trinajstić information content (AvgIpc) is 2.77. The first-order chi connectivity index (χ1) is 14.8. The van der Waals surface area contributed by atoms with Crippen LogP contribution < -0.4 is 15.3 Å². The number of hydrogen-bond donors (Lipinski definition) is 2. The van der Waals surface area contributed by atoms with Gasteiger partial charge in [-0.05, 0) is 29.8 Å². The van der Waals surface area contributed by atoms with Crippen LogP contribution in [0.3, 0.4) is 0 Å². The highest BCUT2D eigenvalue weighted by atomic mass is 32.2. The molecular weight excluding hydrogens is 420 g/mol. The fourth-order valence-corrected chi connectivity index (χ4v) is 3.84. The fraction of sp³-hybridized carbons (Fsp3) is 0.0952. The van der Waals surface area contributed by atoms with E-state index in [1.807, 2.05) is 54.6 Å². The maximum absolute atomic E-state index is 11.5. The van der Waals surface area contributed by atoms with Crippen LogP contribution in [0.4, 0.5) is 11.4 Å². The number of nitro benzene ring substituents is 1. The molecule has 1 atom stereocenters. The van der Waals surface area contributed by atoms with E-state index >= 15 is 0 Å². The number of nitrogens with one attached hydrogen (secondary N) is 1. The normalized spacial score (nSPS) is 16.9. The van der Waals surface area contributed by atoms with E-state index in [0.717, 1.165) is 17.2 Å². The van der Waals surface area contributed by atoms with Gasteiger partial charge in [-0.2, -0.15) is 5.10 Å². The van der Waals surface area contributed by atoms with Crippen molar-refractivity contribution in [1.29, 1.82) is 0 Å². The summed E-state index contributed by atoms with van der Waals surface area (Å²) in [5.41, 5.74) is 4.71. The summed E-state index contributed by atoms with van der Waals surface area (Å²) in [6, 6.07) is 20.4. The number of rotatable bonds is 5. The molecule has 158 valence electrons. The summed E-state index contributed by atoms with van der Waals surface area (Å²) in [6.45, 7) is 0. The van der Waals surface area contributed by atoms with Crippen molar-refractivity contribution in [2.24, 2.45) is 10.2 Å². The molecule has 0 spiro atoms. The monoisotopic (exact) mass is 438 g/mol. The van der Waals surface area contributed by atoms with Crippen molar-refractivity contribution in [2.45, 2.75) is 17.4 Å². The Hall–Kier alpha value is -3.76. The van der Waals surface area contributed by atoms with Gasteiger partial charge in [0.05, 0.1) is 15.5 Å². The maximum atomic E-state index is 11.5. The molecule has 0 aromatic heterocycles. The summed E-state index contributed by atoms with van der Waals surface area (Å²) >= 11 is 0. The fourth-order valence-electron chi connectivity index (χ4n) is 3.31. The number of nitro groups is 1. The molecule has 3 aromatic carbocycles. The summed E-state index contributed by atoms with van der Waals surface area (Å²) in [5, 5.41) is 20.9. The Morgan fingerprint density at radius 2 is 1.77 bits per heavy atom. The smallest absolute Gasteiger partial charge is 0.295 e. The van der Waals surface area contributed by atoms with E-state index in [9.17, 15) is 18.5 Å². The minimum absolute atomic E-state index is 0.0464. The second-order valence-electron chi connectivity index (χ2n) is 6.87. The van der Waals surface area contributed by atoms with E-state index in [1.165, 1.54) is 12.1 Å². The number of nitrogens with two attached hydrogens (primary N) is 1. The van der Waals surface area contributed by atoms with Crippen LogP contribution in [0.1, 0.15) is 23.7 Å². The van der Waals surface area contributed by atoms with E-state index < -0.39 is 20.6 Å². The van der Waals surface area contributed by atoms with Crippen molar-refractivity contribution in [1.82, 2.24) is 0 Å². The number of sulfonamides is 1. The standard InChI is InChI=1S/C21H18N4O5S/c22-31(28,29)15-10-11-17(19(12-15)25(26)27)23-24-18-13-21(14-6-2-1-3-7-14)30-20-9-5-4-8-16(18)20/h1-12,21,23H,13H2,(H2,22,28,29). The Morgan fingerprint density at radius 1 is 1.06 bits per heavy atom. The lowest BCUT2D eigenvalue weighted by atomic mass is 9.96. The van der Waals surface area contributed by atoms with Gasteiger partial charge in [-0.15, -0.1) is 0 Å². The molecule has 31 heavy (non-hydrogen) atoms. The topological polar surface area (TPSA) is 137 Å². The average molecular weight is 438 g/mol. The minimum atomic E-state index is -4.07. The predicted octanol–water partition coefficient (Wildman–Crippen LogP) is 3.58. The Bertz CT molecular complexity index is 1280. The third-order valence-corrected chi connectivity index (χ3v) is 5.73. The van der Waals surface area contributed by atoms with Gasteiger partial charge in [0.1, 0.15) is 17.5 Å². The largest absolute Gasteiger partial charge is 0.485 e. The number of primary sulfonamides is 1. The van der Waals surface area contributed by atoms with Gasteiger partial charge in [-0.3, -0.25) is 15.5 Å². The predicted molar refractivity (Wildman–Crippen MR) is 115 cm³/mol. The number of benzene rings is 3. The number of hydrogen-bond acceptors (Lipinski definition) is 7. The van der Waals surface area contributed by atoms with Crippen LogP contribution in [0.15, 0.2) is 82.8 Å². The van der Waals surface area contributed by atoms with Crippen LogP contribution >= 0.6 is 0 Å². The van der Waals surface area contributed by atoms with E-state index in [-0.39, 0.29) is 16.7 Å². The van der Waals surface area contributed by atoms with Crippen molar-refractivity contribution in [3.63, 3.8) is 0 Å². The Morgan fingerprint density at radius 3 is 2.48 bits per heavy atom. The zero-order valence-electron chi connectivity index (χ0n) is 16.1. The molecule has 9 nitrogen and oxygen atoms in total. The van der Waals surface area contributed by atoms with Crippen LogP contribution in [-0.4, -0.2) is 19.1 Å². The van der Waals surface area contributed by atoms with E-state index in [1.54, 1.807) is 0 Å². The first kappa shape index (κ1) is 20.5. The molecule has 1 unspecified atom stereocenters. The van der Waals surface area contributed by atoms with Gasteiger partial charge in [-0.1, -0.05) is 42.5 Å². The third kappa shape index (κ3) is 4.39. The lowest BCUT2D eigenvalue weighted by molar-refractivity contribution is -0.384. The molecule has 1 aliphatic heterocycles. The van der Waals surface area contributed by atoms with Gasteiger partial charge < -0.3 is 4.74 Å². The number of ether oxygens (including phenoxy) is 1. The molecule has 4 rings (SSSR count). The maximum Gasteiger partial charge on any atom is 0.295 e. The molecule has 0 saturated heterocycles. The van der Waals surface area contributed by atoms with Crippen LogP contribution in [0, 0.1) is 10.1 Å². The van der Waals surface area contributed by atoms with Crippen molar-refractivity contribution >= 4 is 27.1 Å². The van der Waals surface area contributed by atoms with Gasteiger partial charge in [0, 0.05) is 18.1 Å². The van der Waals surface area contributed by atoms with E-state index in [2.05, 4.69) is 10.5 Å². The van der Waals surface area contributed by atoms with Crippen LogP contribution in [0.25, 0.3) is 0 Å². The van der Waals surface area contributed by atoms with Crippen LogP contribution in [-0.2, 0) is 10.0 Å². The van der Waals surface area contributed by atoms with Crippen molar-refractivity contribution < 1.29 is 18.1 Å². The number of hydrazone groups is 1. The first-order valence-corrected chi connectivity index (χ1v) is 10.8. The molecule has 0 fully saturated rings. The molecule has 0 bridgehead atoms. The summed E-state index contributed by atoms with van der Waals surface area (Å²) in [4.78, 5) is 10.4. The number of fused-ring (bicyclic) bond motifs is 1. The summed E-state index contributed by atoms with van der Waals surface area (Å²) in [6.07, 6.45) is 0.174. The second kappa shape index (κ2) is 8.17. The van der Waals surface area contributed by atoms with Crippen LogP contribution in [0.2, 0.25) is 0 Å². The Balaban J connectivity index is 1.70. The SMILES string of the molecule is NS(=O)(=O)c1ccc(NN=C2CC(c3ccccc3)Oc3ccccc32)c([N+](=O)[O-])c1. The molecule has 1 heterocycles. The number of para-hydroxylation sites is 1. The van der Waals surface area contributed by atoms with Gasteiger partial charge in [0.25, 0.3) is 5.69 Å². The van der Waals surface area contributed by atoms with Crippen molar-refractivity contribution in [3.8, 4) is 5.75 Å². The molecule has 0 saturated carbocycles. The molecule has 0 aliphatic carbocycles. The van der Waals surface area contributed by atoms with E-state index in [4.69, 9.17) is 9.88 Å². The molecule has 10 heteroatoms. The summed E-state index contributed by atoms with van der Waals surface area (Å²) in [5.74, 6) is 0.655.